The van der Waals surface area contributed by atoms with Gasteiger partial charge in [0, 0.05) is 45.3 Å². The minimum absolute atomic E-state index is 0.442. The molecule has 0 spiro atoms. The van der Waals surface area contributed by atoms with Gasteiger partial charge in [-0.25, -0.2) is 0 Å². The van der Waals surface area contributed by atoms with Crippen molar-refractivity contribution in [2.24, 2.45) is 5.92 Å². The summed E-state index contributed by atoms with van der Waals surface area (Å²) < 4.78 is 11.0. The predicted octanol–water partition coefficient (Wildman–Crippen LogP) is 0.722. The molecular formula is C13H26N2O2. The van der Waals surface area contributed by atoms with E-state index in [4.69, 9.17) is 9.47 Å². The van der Waals surface area contributed by atoms with Gasteiger partial charge in [0.1, 0.15) is 0 Å². The molecule has 0 aromatic rings. The maximum Gasteiger partial charge on any atom is 0.0710 e. The molecule has 2 fully saturated rings. The Morgan fingerprint density at radius 2 is 2.29 bits per heavy atom. The molecule has 2 heterocycles. The summed E-state index contributed by atoms with van der Waals surface area (Å²) in [5.74, 6) is 0.638. The Morgan fingerprint density at radius 1 is 1.41 bits per heavy atom. The van der Waals surface area contributed by atoms with Crippen LogP contribution in [-0.2, 0) is 9.47 Å². The Morgan fingerprint density at radius 3 is 3.00 bits per heavy atom. The van der Waals surface area contributed by atoms with Gasteiger partial charge in [-0.2, -0.15) is 0 Å². The van der Waals surface area contributed by atoms with Crippen molar-refractivity contribution in [1.82, 2.24) is 10.2 Å². The van der Waals surface area contributed by atoms with Gasteiger partial charge in [-0.1, -0.05) is 6.92 Å². The molecule has 0 bridgehead atoms. The van der Waals surface area contributed by atoms with E-state index in [-0.39, 0.29) is 0 Å². The molecular weight excluding hydrogens is 216 g/mol. The normalized spacial score (nSPS) is 35.3. The molecule has 100 valence electrons. The molecule has 0 aromatic carbocycles. The largest absolute Gasteiger partial charge is 0.381 e. The highest BCUT2D eigenvalue weighted by Crippen LogP contribution is 2.19. The summed E-state index contributed by atoms with van der Waals surface area (Å²) in [6.07, 6.45) is 2.77. The number of ether oxygens (including phenoxy) is 2. The smallest absolute Gasteiger partial charge is 0.0710 e. The van der Waals surface area contributed by atoms with Gasteiger partial charge in [-0.05, 0) is 19.4 Å². The first-order valence-electron chi connectivity index (χ1n) is 6.89. The molecule has 1 N–H and O–H groups in total. The van der Waals surface area contributed by atoms with Gasteiger partial charge in [0.25, 0.3) is 0 Å². The number of nitrogens with one attached hydrogen (secondary N) is 1. The second kappa shape index (κ2) is 6.69. The lowest BCUT2D eigenvalue weighted by molar-refractivity contribution is 0.0174. The molecule has 3 atom stereocenters. The molecule has 4 nitrogen and oxygen atoms in total. The van der Waals surface area contributed by atoms with Gasteiger partial charge < -0.3 is 19.7 Å². The fraction of sp³-hybridized carbons (Fsp3) is 1.00. The van der Waals surface area contributed by atoms with E-state index >= 15 is 0 Å². The number of nitrogens with zero attached hydrogens (tertiary/aromatic N) is 1. The van der Waals surface area contributed by atoms with Crippen molar-refractivity contribution >= 4 is 0 Å². The lowest BCUT2D eigenvalue weighted by Gasteiger charge is -2.34. The Kier molecular flexibility index (Phi) is 5.22. The van der Waals surface area contributed by atoms with Crippen molar-refractivity contribution in [2.45, 2.75) is 31.9 Å². The monoisotopic (exact) mass is 242 g/mol. The van der Waals surface area contributed by atoms with Gasteiger partial charge in [0.15, 0.2) is 0 Å². The standard InChI is InChI=1S/C13H26N2O2/c1-3-14-13-5-7-17-10-11(13)8-15-6-4-12(9-15)16-2/h11-14H,3-10H2,1-2H3. The average Bonchev–Trinajstić information content (AvgIpc) is 2.80. The SMILES string of the molecule is CCNC1CCOCC1CN1CCC(OC)C1. The summed E-state index contributed by atoms with van der Waals surface area (Å²) in [5.41, 5.74) is 0. The Labute approximate surface area is 105 Å². The van der Waals surface area contributed by atoms with Crippen molar-refractivity contribution in [3.8, 4) is 0 Å². The van der Waals surface area contributed by atoms with Crippen molar-refractivity contribution in [3.63, 3.8) is 0 Å². The fourth-order valence-corrected chi connectivity index (χ4v) is 2.99. The Hall–Kier alpha value is -0.160. The second-order valence-electron chi connectivity index (χ2n) is 5.19. The number of methoxy groups -OCH3 is 1. The molecule has 0 amide bonds. The lowest BCUT2D eigenvalue weighted by Crippen LogP contribution is -2.47. The summed E-state index contributed by atoms with van der Waals surface area (Å²) >= 11 is 0. The van der Waals surface area contributed by atoms with Crippen LogP contribution >= 0.6 is 0 Å². The molecule has 0 saturated carbocycles. The lowest BCUT2D eigenvalue weighted by atomic mass is 9.95. The quantitative estimate of drug-likeness (QED) is 0.770. The van der Waals surface area contributed by atoms with Crippen LogP contribution in [0.5, 0.6) is 0 Å². The highest BCUT2D eigenvalue weighted by Gasteiger charge is 2.30. The van der Waals surface area contributed by atoms with E-state index in [1.54, 1.807) is 0 Å². The van der Waals surface area contributed by atoms with E-state index < -0.39 is 0 Å². The van der Waals surface area contributed by atoms with Crippen LogP contribution in [0.3, 0.4) is 0 Å². The van der Waals surface area contributed by atoms with Crippen molar-refractivity contribution in [3.05, 3.63) is 0 Å². The highest BCUT2D eigenvalue weighted by molar-refractivity contribution is 4.85. The van der Waals surface area contributed by atoms with Crippen molar-refractivity contribution < 1.29 is 9.47 Å². The molecule has 2 aliphatic rings. The van der Waals surface area contributed by atoms with Crippen LogP contribution in [-0.4, -0.2) is 63.5 Å². The zero-order valence-corrected chi connectivity index (χ0v) is 11.2. The van der Waals surface area contributed by atoms with Crippen molar-refractivity contribution in [1.29, 1.82) is 0 Å². The number of rotatable bonds is 5. The number of likely N-dealkylation sites (tertiary alicyclic amines) is 1. The molecule has 0 radical (unpaired) electrons. The molecule has 3 unspecified atom stereocenters. The molecule has 2 saturated heterocycles. The topological polar surface area (TPSA) is 33.7 Å². The maximum atomic E-state index is 5.62. The van der Waals surface area contributed by atoms with Crippen LogP contribution < -0.4 is 5.32 Å². The first kappa shape index (κ1) is 13.3. The summed E-state index contributed by atoms with van der Waals surface area (Å²) in [6, 6.07) is 0.635. The summed E-state index contributed by atoms with van der Waals surface area (Å²) in [6.45, 7) is 8.48. The average molecular weight is 242 g/mol. The van der Waals surface area contributed by atoms with E-state index in [2.05, 4.69) is 17.1 Å². The van der Waals surface area contributed by atoms with Gasteiger partial charge >= 0.3 is 0 Å². The van der Waals surface area contributed by atoms with E-state index in [1.807, 2.05) is 7.11 Å². The Bertz CT molecular complexity index is 223. The van der Waals surface area contributed by atoms with E-state index in [1.165, 1.54) is 13.0 Å². The van der Waals surface area contributed by atoms with Crippen LogP contribution in [0.1, 0.15) is 19.8 Å². The van der Waals surface area contributed by atoms with Crippen LogP contribution in [0.15, 0.2) is 0 Å². The summed E-state index contributed by atoms with van der Waals surface area (Å²) in [4.78, 5) is 2.53. The number of hydrogen-bond donors (Lipinski definition) is 1. The number of hydrogen-bond acceptors (Lipinski definition) is 4. The summed E-state index contributed by atoms with van der Waals surface area (Å²) in [5, 5.41) is 3.60. The minimum atomic E-state index is 0.442. The van der Waals surface area contributed by atoms with Crippen LogP contribution in [0.4, 0.5) is 0 Å². The highest BCUT2D eigenvalue weighted by atomic mass is 16.5. The molecule has 0 aromatic heterocycles. The van der Waals surface area contributed by atoms with Gasteiger partial charge in [0.2, 0.25) is 0 Å². The first-order valence-corrected chi connectivity index (χ1v) is 6.89. The van der Waals surface area contributed by atoms with E-state index in [0.717, 1.165) is 39.3 Å². The third-order valence-electron chi connectivity index (χ3n) is 4.00. The summed E-state index contributed by atoms with van der Waals surface area (Å²) in [7, 11) is 1.82. The molecule has 0 aliphatic carbocycles. The third-order valence-corrected chi connectivity index (χ3v) is 4.00. The van der Waals surface area contributed by atoms with Crippen LogP contribution in [0.2, 0.25) is 0 Å². The fourth-order valence-electron chi connectivity index (χ4n) is 2.99. The first-order chi connectivity index (χ1) is 8.33. The Balaban J connectivity index is 1.79. The molecule has 2 rings (SSSR count). The molecule has 4 heteroatoms. The third kappa shape index (κ3) is 3.65. The van der Waals surface area contributed by atoms with E-state index in [9.17, 15) is 0 Å². The maximum absolute atomic E-state index is 5.62. The molecule has 17 heavy (non-hydrogen) atoms. The van der Waals surface area contributed by atoms with E-state index in [0.29, 0.717) is 18.1 Å². The predicted molar refractivity (Wildman–Crippen MR) is 68.2 cm³/mol. The van der Waals surface area contributed by atoms with Gasteiger partial charge in [-0.3, -0.25) is 0 Å². The minimum Gasteiger partial charge on any atom is -0.381 e. The van der Waals surface area contributed by atoms with Gasteiger partial charge in [-0.15, -0.1) is 0 Å². The molecule has 2 aliphatic heterocycles. The zero-order valence-electron chi connectivity index (χ0n) is 11.2. The van der Waals surface area contributed by atoms with Crippen LogP contribution in [0, 0.1) is 5.92 Å². The van der Waals surface area contributed by atoms with Gasteiger partial charge in [0.05, 0.1) is 12.7 Å². The van der Waals surface area contributed by atoms with Crippen molar-refractivity contribution in [2.75, 3.05) is 46.5 Å². The zero-order chi connectivity index (χ0) is 12.1. The second-order valence-corrected chi connectivity index (χ2v) is 5.19. The van der Waals surface area contributed by atoms with Crippen LogP contribution in [0.25, 0.3) is 0 Å².